The molecule has 1 aliphatic rings. The molecule has 0 heterocycles. The number of methoxy groups -OCH3 is 1. The number of Topliss-reactive ketones (excluding diaryl/α,β-unsaturated/α-hetero) is 1. The Morgan fingerprint density at radius 2 is 1.94 bits per heavy atom. The van der Waals surface area contributed by atoms with Gasteiger partial charge in [-0.15, -0.1) is 0 Å². The highest BCUT2D eigenvalue weighted by Gasteiger charge is 2.15. The van der Waals surface area contributed by atoms with Crippen LogP contribution in [0.5, 0.6) is 5.75 Å². The van der Waals surface area contributed by atoms with Crippen molar-refractivity contribution in [3.8, 4) is 5.75 Å². The zero-order valence-electron chi connectivity index (χ0n) is 9.53. The van der Waals surface area contributed by atoms with Crippen LogP contribution in [0, 0.1) is 0 Å². The van der Waals surface area contributed by atoms with Crippen molar-refractivity contribution < 1.29 is 9.53 Å². The zero-order valence-corrected chi connectivity index (χ0v) is 9.53. The topological polar surface area (TPSA) is 26.3 Å². The summed E-state index contributed by atoms with van der Waals surface area (Å²) < 4.78 is 5.27. The molecule has 1 fully saturated rings. The first-order valence-corrected chi connectivity index (χ1v) is 5.68. The Bertz CT molecular complexity index is 418. The average Bonchev–Trinajstić information content (AvgIpc) is 2.33. The number of rotatable bonds is 2. The molecule has 0 aromatic heterocycles. The van der Waals surface area contributed by atoms with Crippen LogP contribution in [0.3, 0.4) is 0 Å². The third-order valence-corrected chi connectivity index (χ3v) is 2.93. The largest absolute Gasteiger partial charge is 0.496 e. The molecule has 1 aromatic carbocycles. The number of hydrogen-bond donors (Lipinski definition) is 0. The number of hydrogen-bond acceptors (Lipinski definition) is 2. The van der Waals surface area contributed by atoms with Gasteiger partial charge in [-0.25, -0.2) is 0 Å². The second kappa shape index (κ2) is 4.97. The first-order chi connectivity index (χ1) is 7.81. The molecular weight excluding hydrogens is 200 g/mol. The molecule has 84 valence electrons. The van der Waals surface area contributed by atoms with E-state index in [-0.39, 0.29) is 5.78 Å². The standard InChI is InChI=1S/C14H16O2/c1-16-14-9-5-3-7-12(14)10-11-6-2-4-8-13(11)15/h3,5,7,9-10H,2,4,6,8H2,1H3. The van der Waals surface area contributed by atoms with E-state index in [9.17, 15) is 4.79 Å². The molecular formula is C14H16O2. The number of carbonyl (C=O) groups excluding carboxylic acids is 1. The van der Waals surface area contributed by atoms with Gasteiger partial charge in [-0.05, 0) is 37.0 Å². The van der Waals surface area contributed by atoms with Crippen LogP contribution in [0.2, 0.25) is 0 Å². The van der Waals surface area contributed by atoms with Crippen LogP contribution >= 0.6 is 0 Å². The van der Waals surface area contributed by atoms with Crippen LogP contribution in [0.4, 0.5) is 0 Å². The number of para-hydroxylation sites is 1. The van der Waals surface area contributed by atoms with E-state index in [0.29, 0.717) is 6.42 Å². The fourth-order valence-electron chi connectivity index (χ4n) is 2.03. The summed E-state index contributed by atoms with van der Waals surface area (Å²) in [6, 6.07) is 7.79. The molecule has 1 aromatic rings. The highest BCUT2D eigenvalue weighted by Crippen LogP contribution is 2.26. The summed E-state index contributed by atoms with van der Waals surface area (Å²) in [6.07, 6.45) is 5.72. The van der Waals surface area contributed by atoms with E-state index in [1.807, 2.05) is 30.3 Å². The van der Waals surface area contributed by atoms with Gasteiger partial charge in [0.15, 0.2) is 5.78 Å². The van der Waals surface area contributed by atoms with E-state index >= 15 is 0 Å². The van der Waals surface area contributed by atoms with Gasteiger partial charge in [0.05, 0.1) is 7.11 Å². The molecule has 2 heteroatoms. The van der Waals surface area contributed by atoms with Crippen molar-refractivity contribution in [2.75, 3.05) is 7.11 Å². The van der Waals surface area contributed by atoms with E-state index < -0.39 is 0 Å². The van der Waals surface area contributed by atoms with Gasteiger partial charge in [-0.2, -0.15) is 0 Å². The summed E-state index contributed by atoms with van der Waals surface area (Å²) in [5, 5.41) is 0. The summed E-state index contributed by atoms with van der Waals surface area (Å²) in [6.45, 7) is 0. The van der Waals surface area contributed by atoms with E-state index in [4.69, 9.17) is 4.74 Å². The van der Waals surface area contributed by atoms with Gasteiger partial charge in [0.1, 0.15) is 5.75 Å². The monoisotopic (exact) mass is 216 g/mol. The Morgan fingerprint density at radius 3 is 2.69 bits per heavy atom. The Hall–Kier alpha value is -1.57. The lowest BCUT2D eigenvalue weighted by atomic mass is 9.92. The molecule has 0 bridgehead atoms. The third-order valence-electron chi connectivity index (χ3n) is 2.93. The predicted octanol–water partition coefficient (Wildman–Crippen LogP) is 3.22. The van der Waals surface area contributed by atoms with Crippen LogP contribution in [0.15, 0.2) is 29.8 Å². The van der Waals surface area contributed by atoms with Crippen molar-refractivity contribution in [2.45, 2.75) is 25.7 Å². The Kier molecular flexibility index (Phi) is 3.40. The molecule has 0 spiro atoms. The summed E-state index contributed by atoms with van der Waals surface area (Å²) >= 11 is 0. The Morgan fingerprint density at radius 1 is 1.19 bits per heavy atom. The normalized spacial score (nSPS) is 18.8. The molecule has 1 aliphatic carbocycles. The van der Waals surface area contributed by atoms with Crippen molar-refractivity contribution in [2.24, 2.45) is 0 Å². The van der Waals surface area contributed by atoms with E-state index in [1.165, 1.54) is 0 Å². The highest BCUT2D eigenvalue weighted by molar-refractivity contribution is 6.00. The molecule has 2 nitrogen and oxygen atoms in total. The Balaban J connectivity index is 2.30. The number of carbonyl (C=O) groups is 1. The highest BCUT2D eigenvalue weighted by atomic mass is 16.5. The van der Waals surface area contributed by atoms with Gasteiger partial charge >= 0.3 is 0 Å². The second-order valence-electron chi connectivity index (χ2n) is 4.04. The van der Waals surface area contributed by atoms with Gasteiger partial charge in [-0.3, -0.25) is 4.79 Å². The molecule has 0 radical (unpaired) electrons. The van der Waals surface area contributed by atoms with Gasteiger partial charge in [0.25, 0.3) is 0 Å². The molecule has 2 rings (SSSR count). The van der Waals surface area contributed by atoms with Crippen LogP contribution in [-0.2, 0) is 4.79 Å². The van der Waals surface area contributed by atoms with Crippen molar-refractivity contribution in [1.29, 1.82) is 0 Å². The molecule has 1 saturated carbocycles. The number of ketones is 1. The lowest BCUT2D eigenvalue weighted by molar-refractivity contribution is -0.116. The first-order valence-electron chi connectivity index (χ1n) is 5.68. The summed E-state index contributed by atoms with van der Waals surface area (Å²) in [5.41, 5.74) is 1.94. The smallest absolute Gasteiger partial charge is 0.158 e. The fourth-order valence-corrected chi connectivity index (χ4v) is 2.03. The molecule has 16 heavy (non-hydrogen) atoms. The van der Waals surface area contributed by atoms with Crippen LogP contribution in [0.1, 0.15) is 31.2 Å². The molecule has 0 amide bonds. The predicted molar refractivity (Wildman–Crippen MR) is 64.4 cm³/mol. The lowest BCUT2D eigenvalue weighted by Crippen LogP contribution is -2.08. The summed E-state index contributed by atoms with van der Waals surface area (Å²) in [7, 11) is 1.65. The lowest BCUT2D eigenvalue weighted by Gasteiger charge is -2.13. The van der Waals surface area contributed by atoms with E-state index in [1.54, 1.807) is 7.11 Å². The summed E-state index contributed by atoms with van der Waals surface area (Å²) in [4.78, 5) is 11.7. The molecule has 0 N–H and O–H groups in total. The molecule has 0 saturated heterocycles. The fraction of sp³-hybridized carbons (Fsp3) is 0.357. The maximum Gasteiger partial charge on any atom is 0.158 e. The quantitative estimate of drug-likeness (QED) is 0.709. The number of benzene rings is 1. The molecule has 0 aliphatic heterocycles. The third kappa shape index (κ3) is 2.32. The van der Waals surface area contributed by atoms with Gasteiger partial charge in [0.2, 0.25) is 0 Å². The molecule has 0 unspecified atom stereocenters. The van der Waals surface area contributed by atoms with Crippen LogP contribution in [0.25, 0.3) is 6.08 Å². The average molecular weight is 216 g/mol. The minimum absolute atomic E-state index is 0.289. The van der Waals surface area contributed by atoms with E-state index in [2.05, 4.69) is 0 Å². The van der Waals surface area contributed by atoms with Crippen molar-refractivity contribution in [1.82, 2.24) is 0 Å². The van der Waals surface area contributed by atoms with Crippen LogP contribution in [-0.4, -0.2) is 12.9 Å². The zero-order chi connectivity index (χ0) is 11.4. The SMILES string of the molecule is COc1ccccc1C=C1CCCCC1=O. The van der Waals surface area contributed by atoms with Gasteiger partial charge < -0.3 is 4.74 Å². The van der Waals surface area contributed by atoms with Crippen LogP contribution < -0.4 is 4.74 Å². The first kappa shape index (κ1) is 10.9. The minimum Gasteiger partial charge on any atom is -0.496 e. The Labute approximate surface area is 95.9 Å². The second-order valence-corrected chi connectivity index (χ2v) is 4.04. The van der Waals surface area contributed by atoms with Gasteiger partial charge in [0, 0.05) is 12.0 Å². The summed E-state index contributed by atoms with van der Waals surface area (Å²) in [5.74, 6) is 1.12. The number of allylic oxidation sites excluding steroid dienone is 1. The van der Waals surface area contributed by atoms with Crippen molar-refractivity contribution in [3.63, 3.8) is 0 Å². The minimum atomic E-state index is 0.289. The van der Waals surface area contributed by atoms with Crippen molar-refractivity contribution in [3.05, 3.63) is 35.4 Å². The molecule has 0 atom stereocenters. The van der Waals surface area contributed by atoms with E-state index in [0.717, 1.165) is 36.1 Å². The number of ether oxygens (including phenoxy) is 1. The van der Waals surface area contributed by atoms with Crippen molar-refractivity contribution >= 4 is 11.9 Å². The maximum atomic E-state index is 11.7. The maximum absolute atomic E-state index is 11.7. The van der Waals surface area contributed by atoms with Gasteiger partial charge in [-0.1, -0.05) is 18.2 Å².